The highest BCUT2D eigenvalue weighted by molar-refractivity contribution is 7.12. The molecule has 0 bridgehead atoms. The monoisotopic (exact) mass is 265 g/mol. The lowest BCUT2D eigenvalue weighted by Gasteiger charge is -2.32. The van der Waals surface area contributed by atoms with E-state index in [1.165, 1.54) is 36.8 Å². The first-order valence-corrected chi connectivity index (χ1v) is 7.20. The molecule has 4 heteroatoms. The van der Waals surface area contributed by atoms with Gasteiger partial charge in [0, 0.05) is 28.4 Å². The molecule has 1 unspecified atom stereocenters. The van der Waals surface area contributed by atoms with Gasteiger partial charge in [0.1, 0.15) is 0 Å². The Morgan fingerprint density at radius 2 is 2.39 bits per heavy atom. The summed E-state index contributed by atoms with van der Waals surface area (Å²) in [6.07, 6.45) is 6.78. The van der Waals surface area contributed by atoms with Crippen LogP contribution in [-0.2, 0) is 11.3 Å². The molecule has 2 rings (SSSR count). The van der Waals surface area contributed by atoms with Crippen LogP contribution in [0, 0.1) is 0 Å². The molecule has 18 heavy (non-hydrogen) atoms. The minimum absolute atomic E-state index is 0.666. The molecular formula is C14H19NO2S. The molecule has 98 valence electrons. The first kappa shape index (κ1) is 13.3. The van der Waals surface area contributed by atoms with E-state index in [1.54, 1.807) is 17.4 Å². The zero-order chi connectivity index (χ0) is 13.0. The van der Waals surface area contributed by atoms with Gasteiger partial charge in [-0.1, -0.05) is 6.42 Å². The van der Waals surface area contributed by atoms with Crippen LogP contribution in [0.1, 0.15) is 35.9 Å². The summed E-state index contributed by atoms with van der Waals surface area (Å²) >= 11 is 1.68. The van der Waals surface area contributed by atoms with E-state index in [2.05, 4.69) is 17.9 Å². The number of piperidine rings is 1. The topological polar surface area (TPSA) is 40.5 Å². The number of carbonyl (C=O) groups is 1. The zero-order valence-electron chi connectivity index (χ0n) is 10.6. The fourth-order valence-corrected chi connectivity index (χ4v) is 3.26. The molecule has 1 aromatic rings. The normalized spacial score (nSPS) is 21.5. The molecule has 0 saturated carbocycles. The van der Waals surface area contributed by atoms with Crippen molar-refractivity contribution in [1.29, 1.82) is 0 Å². The molecule has 0 radical (unpaired) electrons. The Kier molecular flexibility index (Phi) is 4.55. The Bertz CT molecular complexity index is 439. The standard InChI is InChI=1S/C14H19NO2S/c1-11-4-2-3-9-15(11)10-13-6-5-12(18-13)7-8-14(16)17/h5-8,11H,2-4,9-10H2,1H3,(H,16,17)/b8-7+. The Hall–Kier alpha value is -1.13. The average molecular weight is 265 g/mol. The highest BCUT2D eigenvalue weighted by Gasteiger charge is 2.18. The molecule has 1 aliphatic heterocycles. The molecule has 1 fully saturated rings. The smallest absolute Gasteiger partial charge is 0.328 e. The maximum atomic E-state index is 10.4. The summed E-state index contributed by atoms with van der Waals surface area (Å²) < 4.78 is 0. The summed E-state index contributed by atoms with van der Waals surface area (Å²) in [6, 6.07) is 4.76. The molecular weight excluding hydrogens is 246 g/mol. The number of carboxylic acids is 1. The molecule has 1 saturated heterocycles. The second-order valence-corrected chi connectivity index (χ2v) is 5.99. The van der Waals surface area contributed by atoms with Crippen LogP contribution in [-0.4, -0.2) is 28.6 Å². The van der Waals surface area contributed by atoms with Crippen molar-refractivity contribution in [1.82, 2.24) is 4.90 Å². The Morgan fingerprint density at radius 1 is 1.56 bits per heavy atom. The molecule has 1 atom stereocenters. The minimum atomic E-state index is -0.894. The van der Waals surface area contributed by atoms with Crippen LogP contribution in [0.25, 0.3) is 6.08 Å². The summed E-state index contributed by atoms with van der Waals surface area (Å²) in [5.74, 6) is -0.894. The van der Waals surface area contributed by atoms with Gasteiger partial charge in [0.15, 0.2) is 0 Å². The van der Waals surface area contributed by atoms with Crippen LogP contribution < -0.4 is 0 Å². The maximum absolute atomic E-state index is 10.4. The van der Waals surface area contributed by atoms with Crippen LogP contribution in [0.5, 0.6) is 0 Å². The number of carboxylic acid groups (broad SMARTS) is 1. The van der Waals surface area contributed by atoms with E-state index >= 15 is 0 Å². The highest BCUT2D eigenvalue weighted by Crippen LogP contribution is 2.24. The molecule has 3 nitrogen and oxygen atoms in total. The molecule has 0 spiro atoms. The molecule has 2 heterocycles. The predicted octanol–water partition coefficient (Wildman–Crippen LogP) is 3.22. The predicted molar refractivity (Wildman–Crippen MR) is 74.7 cm³/mol. The van der Waals surface area contributed by atoms with E-state index in [-0.39, 0.29) is 0 Å². The summed E-state index contributed by atoms with van der Waals surface area (Å²) in [4.78, 5) is 15.3. The van der Waals surface area contributed by atoms with Gasteiger partial charge in [0.05, 0.1) is 0 Å². The van der Waals surface area contributed by atoms with E-state index in [9.17, 15) is 4.79 Å². The highest BCUT2D eigenvalue weighted by atomic mass is 32.1. The van der Waals surface area contributed by atoms with Crippen molar-refractivity contribution in [2.45, 2.75) is 38.8 Å². The average Bonchev–Trinajstić information content (AvgIpc) is 2.77. The van der Waals surface area contributed by atoms with Crippen LogP contribution in [0.15, 0.2) is 18.2 Å². The van der Waals surface area contributed by atoms with Gasteiger partial charge < -0.3 is 5.11 Å². The van der Waals surface area contributed by atoms with Gasteiger partial charge >= 0.3 is 5.97 Å². The first-order valence-electron chi connectivity index (χ1n) is 6.39. The largest absolute Gasteiger partial charge is 0.478 e. The fraction of sp³-hybridized carbons (Fsp3) is 0.500. The molecule has 0 aliphatic carbocycles. The lowest BCUT2D eigenvalue weighted by Crippen LogP contribution is -2.36. The number of rotatable bonds is 4. The number of hydrogen-bond donors (Lipinski definition) is 1. The van der Waals surface area contributed by atoms with Crippen molar-refractivity contribution in [2.24, 2.45) is 0 Å². The number of likely N-dealkylation sites (tertiary alicyclic amines) is 1. The van der Waals surface area contributed by atoms with Gasteiger partial charge in [-0.25, -0.2) is 4.79 Å². The summed E-state index contributed by atoms with van der Waals surface area (Å²) in [6.45, 7) is 4.46. The quantitative estimate of drug-likeness (QED) is 0.850. The van der Waals surface area contributed by atoms with E-state index < -0.39 is 5.97 Å². The summed E-state index contributed by atoms with van der Waals surface area (Å²) in [7, 11) is 0. The summed E-state index contributed by atoms with van der Waals surface area (Å²) in [5, 5.41) is 8.59. The van der Waals surface area contributed by atoms with E-state index in [0.717, 1.165) is 11.4 Å². The van der Waals surface area contributed by atoms with Gasteiger partial charge in [-0.15, -0.1) is 11.3 Å². The number of hydrogen-bond acceptors (Lipinski definition) is 3. The van der Waals surface area contributed by atoms with Crippen molar-refractivity contribution in [3.05, 3.63) is 28.0 Å². The fourth-order valence-electron chi connectivity index (χ4n) is 2.32. The van der Waals surface area contributed by atoms with Gasteiger partial charge in [-0.05, 0) is 44.5 Å². The van der Waals surface area contributed by atoms with Crippen LogP contribution in [0.2, 0.25) is 0 Å². The third kappa shape index (κ3) is 3.68. The van der Waals surface area contributed by atoms with Gasteiger partial charge in [-0.3, -0.25) is 4.90 Å². The van der Waals surface area contributed by atoms with Gasteiger partial charge in [0.25, 0.3) is 0 Å². The van der Waals surface area contributed by atoms with Crippen molar-refractivity contribution < 1.29 is 9.90 Å². The lowest BCUT2D eigenvalue weighted by atomic mass is 10.0. The Balaban J connectivity index is 1.95. The van der Waals surface area contributed by atoms with Crippen LogP contribution in [0.3, 0.4) is 0 Å². The van der Waals surface area contributed by atoms with Crippen molar-refractivity contribution in [3.8, 4) is 0 Å². The molecule has 0 amide bonds. The van der Waals surface area contributed by atoms with Crippen molar-refractivity contribution >= 4 is 23.4 Å². The molecule has 1 N–H and O–H groups in total. The third-order valence-electron chi connectivity index (χ3n) is 3.37. The number of thiophene rings is 1. The Labute approximate surface area is 112 Å². The molecule has 1 aliphatic rings. The SMILES string of the molecule is CC1CCCCN1Cc1ccc(/C=C/C(=O)O)s1. The third-order valence-corrected chi connectivity index (χ3v) is 4.41. The van der Waals surface area contributed by atoms with Crippen LogP contribution in [0.4, 0.5) is 0 Å². The van der Waals surface area contributed by atoms with E-state index in [0.29, 0.717) is 6.04 Å². The van der Waals surface area contributed by atoms with E-state index in [1.807, 2.05) is 6.07 Å². The van der Waals surface area contributed by atoms with E-state index in [4.69, 9.17) is 5.11 Å². The first-order chi connectivity index (χ1) is 8.65. The number of nitrogens with zero attached hydrogens (tertiary/aromatic N) is 1. The van der Waals surface area contributed by atoms with Crippen molar-refractivity contribution in [2.75, 3.05) is 6.54 Å². The lowest BCUT2D eigenvalue weighted by molar-refractivity contribution is -0.131. The molecule has 1 aromatic heterocycles. The minimum Gasteiger partial charge on any atom is -0.478 e. The molecule has 0 aromatic carbocycles. The maximum Gasteiger partial charge on any atom is 0.328 e. The Morgan fingerprint density at radius 3 is 3.11 bits per heavy atom. The second kappa shape index (κ2) is 6.16. The van der Waals surface area contributed by atoms with Gasteiger partial charge in [0.2, 0.25) is 0 Å². The zero-order valence-corrected chi connectivity index (χ0v) is 11.4. The number of aliphatic carboxylic acids is 1. The van der Waals surface area contributed by atoms with Crippen LogP contribution >= 0.6 is 11.3 Å². The second-order valence-electron chi connectivity index (χ2n) is 4.79. The van der Waals surface area contributed by atoms with Gasteiger partial charge in [-0.2, -0.15) is 0 Å². The van der Waals surface area contributed by atoms with Crippen molar-refractivity contribution in [3.63, 3.8) is 0 Å². The summed E-state index contributed by atoms with van der Waals surface area (Å²) in [5.41, 5.74) is 0.